The third-order valence-electron chi connectivity index (χ3n) is 2.53. The summed E-state index contributed by atoms with van der Waals surface area (Å²) in [5.74, 6) is 0. The number of benzene rings is 1. The van der Waals surface area contributed by atoms with Crippen LogP contribution in [0.2, 0.25) is 5.02 Å². The molecule has 0 amide bonds. The van der Waals surface area contributed by atoms with Crippen LogP contribution in [0.5, 0.6) is 0 Å². The van der Waals surface area contributed by atoms with E-state index in [4.69, 9.17) is 11.6 Å². The summed E-state index contributed by atoms with van der Waals surface area (Å²) in [4.78, 5) is 14.7. The fourth-order valence-corrected chi connectivity index (χ4v) is 1.83. The molecule has 0 saturated carbocycles. The van der Waals surface area contributed by atoms with Crippen LogP contribution in [0.1, 0.15) is 15.9 Å². The van der Waals surface area contributed by atoms with Crippen LogP contribution in [-0.2, 0) is 6.18 Å². The minimum Gasteiger partial charge on any atom is -0.298 e. The van der Waals surface area contributed by atoms with Crippen molar-refractivity contribution in [2.24, 2.45) is 0 Å². The Hall–Kier alpha value is -1.88. The molecule has 1 aromatic carbocycles. The van der Waals surface area contributed by atoms with Gasteiger partial charge >= 0.3 is 6.18 Å². The molecule has 0 atom stereocenters. The standard InChI is InChI=1S/C13H7ClF3NO/c14-11-9(7-19)5-6-18-12(11)8-1-3-10(4-2-8)13(15,16)17/h1-7H. The van der Waals surface area contributed by atoms with Crippen LogP contribution < -0.4 is 0 Å². The molecule has 1 heterocycles. The molecule has 0 bridgehead atoms. The monoisotopic (exact) mass is 285 g/mol. The summed E-state index contributed by atoms with van der Waals surface area (Å²) < 4.78 is 37.3. The predicted molar refractivity (Wildman–Crippen MR) is 65.1 cm³/mol. The summed E-state index contributed by atoms with van der Waals surface area (Å²) in [7, 11) is 0. The topological polar surface area (TPSA) is 30.0 Å². The van der Waals surface area contributed by atoms with Gasteiger partial charge in [-0.15, -0.1) is 0 Å². The molecule has 0 N–H and O–H groups in total. The van der Waals surface area contributed by atoms with Crippen molar-refractivity contribution in [3.05, 3.63) is 52.7 Å². The van der Waals surface area contributed by atoms with Crippen molar-refractivity contribution in [3.8, 4) is 11.3 Å². The lowest BCUT2D eigenvalue weighted by molar-refractivity contribution is -0.137. The smallest absolute Gasteiger partial charge is 0.298 e. The van der Waals surface area contributed by atoms with E-state index < -0.39 is 11.7 Å². The van der Waals surface area contributed by atoms with Crippen LogP contribution in [-0.4, -0.2) is 11.3 Å². The first-order chi connectivity index (χ1) is 8.93. The number of aromatic nitrogens is 1. The Kier molecular flexibility index (Phi) is 3.57. The zero-order chi connectivity index (χ0) is 14.0. The van der Waals surface area contributed by atoms with E-state index in [1.54, 1.807) is 0 Å². The van der Waals surface area contributed by atoms with Crippen molar-refractivity contribution in [2.45, 2.75) is 6.18 Å². The zero-order valence-electron chi connectivity index (χ0n) is 9.41. The molecule has 0 unspecified atom stereocenters. The van der Waals surface area contributed by atoms with E-state index in [0.717, 1.165) is 12.1 Å². The lowest BCUT2D eigenvalue weighted by Crippen LogP contribution is -2.04. The van der Waals surface area contributed by atoms with E-state index in [-0.39, 0.29) is 16.3 Å². The van der Waals surface area contributed by atoms with E-state index >= 15 is 0 Å². The molecule has 0 spiro atoms. The van der Waals surface area contributed by atoms with Crippen molar-refractivity contribution >= 4 is 17.9 Å². The van der Waals surface area contributed by atoms with Gasteiger partial charge in [0, 0.05) is 17.3 Å². The van der Waals surface area contributed by atoms with Crippen molar-refractivity contribution < 1.29 is 18.0 Å². The third-order valence-corrected chi connectivity index (χ3v) is 2.93. The molecule has 98 valence electrons. The number of pyridine rings is 1. The van der Waals surface area contributed by atoms with Gasteiger partial charge in [-0.3, -0.25) is 9.78 Å². The number of carbonyl (C=O) groups excluding carboxylic acids is 1. The zero-order valence-corrected chi connectivity index (χ0v) is 10.2. The molecule has 0 saturated heterocycles. The van der Waals surface area contributed by atoms with Gasteiger partial charge < -0.3 is 0 Å². The van der Waals surface area contributed by atoms with Crippen LogP contribution in [0, 0.1) is 0 Å². The van der Waals surface area contributed by atoms with Crippen LogP contribution >= 0.6 is 11.6 Å². The summed E-state index contributed by atoms with van der Waals surface area (Å²) >= 11 is 5.96. The molecule has 0 fully saturated rings. The molecule has 2 aromatic rings. The van der Waals surface area contributed by atoms with E-state index in [0.29, 0.717) is 11.8 Å². The Morgan fingerprint density at radius 1 is 1.11 bits per heavy atom. The van der Waals surface area contributed by atoms with Crippen LogP contribution in [0.15, 0.2) is 36.5 Å². The second-order valence-corrected chi connectivity index (χ2v) is 4.13. The van der Waals surface area contributed by atoms with E-state index in [1.807, 2.05) is 0 Å². The van der Waals surface area contributed by atoms with Crippen molar-refractivity contribution in [3.63, 3.8) is 0 Å². The van der Waals surface area contributed by atoms with Crippen LogP contribution in [0.25, 0.3) is 11.3 Å². The van der Waals surface area contributed by atoms with Gasteiger partial charge in [-0.25, -0.2) is 0 Å². The first kappa shape index (κ1) is 13.5. The SMILES string of the molecule is O=Cc1ccnc(-c2ccc(C(F)(F)F)cc2)c1Cl. The first-order valence-electron chi connectivity index (χ1n) is 5.21. The highest BCUT2D eigenvalue weighted by Crippen LogP contribution is 2.32. The lowest BCUT2D eigenvalue weighted by atomic mass is 10.1. The number of alkyl halides is 3. The maximum atomic E-state index is 12.4. The second-order valence-electron chi connectivity index (χ2n) is 3.76. The Bertz CT molecular complexity index is 608. The number of hydrogen-bond acceptors (Lipinski definition) is 2. The highest BCUT2D eigenvalue weighted by Gasteiger charge is 2.30. The maximum Gasteiger partial charge on any atom is 0.416 e. The normalized spacial score (nSPS) is 11.4. The average Bonchev–Trinajstić information content (AvgIpc) is 2.38. The Labute approximate surface area is 111 Å². The minimum absolute atomic E-state index is 0.122. The predicted octanol–water partition coefficient (Wildman–Crippen LogP) is 4.23. The average molecular weight is 286 g/mol. The van der Waals surface area contributed by atoms with E-state index in [2.05, 4.69) is 4.98 Å². The number of halogens is 4. The fraction of sp³-hybridized carbons (Fsp3) is 0.0769. The lowest BCUT2D eigenvalue weighted by Gasteiger charge is -2.08. The third kappa shape index (κ3) is 2.76. The maximum absolute atomic E-state index is 12.4. The number of hydrogen-bond donors (Lipinski definition) is 0. The number of rotatable bonds is 2. The van der Waals surface area contributed by atoms with Gasteiger partial charge in [-0.05, 0) is 18.2 Å². The van der Waals surface area contributed by atoms with Crippen LogP contribution in [0.3, 0.4) is 0 Å². The molecule has 0 radical (unpaired) electrons. The Balaban J connectivity index is 2.46. The summed E-state index contributed by atoms with van der Waals surface area (Å²) in [6.07, 6.45) is -2.44. The van der Waals surface area contributed by atoms with E-state index in [1.165, 1.54) is 24.4 Å². The largest absolute Gasteiger partial charge is 0.416 e. The van der Waals surface area contributed by atoms with Gasteiger partial charge in [-0.2, -0.15) is 13.2 Å². The Morgan fingerprint density at radius 2 is 1.74 bits per heavy atom. The summed E-state index contributed by atoms with van der Waals surface area (Å²) in [5.41, 5.74) is 0.187. The molecule has 19 heavy (non-hydrogen) atoms. The highest BCUT2D eigenvalue weighted by molar-refractivity contribution is 6.35. The van der Waals surface area contributed by atoms with Crippen molar-refractivity contribution in [2.75, 3.05) is 0 Å². The van der Waals surface area contributed by atoms with Gasteiger partial charge in [-0.1, -0.05) is 23.7 Å². The molecule has 0 aliphatic heterocycles. The molecule has 0 aliphatic carbocycles. The highest BCUT2D eigenvalue weighted by atomic mass is 35.5. The number of nitrogens with zero attached hydrogens (tertiary/aromatic N) is 1. The quantitative estimate of drug-likeness (QED) is 0.773. The molecular weight excluding hydrogens is 279 g/mol. The minimum atomic E-state index is -4.39. The molecule has 2 rings (SSSR count). The summed E-state index contributed by atoms with van der Waals surface area (Å²) in [6, 6.07) is 5.86. The van der Waals surface area contributed by atoms with Crippen molar-refractivity contribution in [1.29, 1.82) is 0 Å². The molecule has 0 aliphatic rings. The van der Waals surface area contributed by atoms with Crippen LogP contribution in [0.4, 0.5) is 13.2 Å². The van der Waals surface area contributed by atoms with Gasteiger partial charge in [0.1, 0.15) is 0 Å². The number of carbonyl (C=O) groups is 1. The molecule has 1 aromatic heterocycles. The van der Waals surface area contributed by atoms with Gasteiger partial charge in [0.15, 0.2) is 6.29 Å². The fourth-order valence-electron chi connectivity index (χ4n) is 1.57. The summed E-state index contributed by atoms with van der Waals surface area (Å²) in [5, 5.41) is 0.122. The van der Waals surface area contributed by atoms with Crippen molar-refractivity contribution in [1.82, 2.24) is 4.98 Å². The first-order valence-corrected chi connectivity index (χ1v) is 5.58. The second kappa shape index (κ2) is 5.01. The summed E-state index contributed by atoms with van der Waals surface area (Å²) in [6.45, 7) is 0. The Morgan fingerprint density at radius 3 is 2.26 bits per heavy atom. The van der Waals surface area contributed by atoms with Gasteiger partial charge in [0.05, 0.1) is 16.3 Å². The molecular formula is C13H7ClF3NO. The van der Waals surface area contributed by atoms with E-state index in [9.17, 15) is 18.0 Å². The molecule has 6 heteroatoms. The van der Waals surface area contributed by atoms with Gasteiger partial charge in [0.2, 0.25) is 0 Å². The molecule has 2 nitrogen and oxygen atoms in total. The number of aldehydes is 1. The van der Waals surface area contributed by atoms with Gasteiger partial charge in [0.25, 0.3) is 0 Å².